The number of Topliss-reactive ketones (excluding diaryl/α,β-unsaturated/α-hetero) is 1. The highest BCUT2D eigenvalue weighted by Gasteiger charge is 2.56. The van der Waals surface area contributed by atoms with Crippen molar-refractivity contribution < 1.29 is 4.79 Å². The average molecular weight is 393 g/mol. The Morgan fingerprint density at radius 1 is 0.889 bits per heavy atom. The van der Waals surface area contributed by atoms with Crippen LogP contribution in [0.1, 0.15) is 27.9 Å². The number of ketones is 1. The summed E-state index contributed by atoms with van der Waals surface area (Å²) in [6.45, 7) is 0. The highest BCUT2D eigenvalue weighted by atomic mass is 35.5. The van der Waals surface area contributed by atoms with Crippen LogP contribution in [-0.4, -0.2) is 11.5 Å². The van der Waals surface area contributed by atoms with Gasteiger partial charge in [0.15, 0.2) is 11.3 Å². The summed E-state index contributed by atoms with van der Waals surface area (Å²) in [4.78, 5) is 13.5. The normalized spacial score (nSPS) is 20.4. The third-order valence-electron chi connectivity index (χ3n) is 5.26. The maximum absolute atomic E-state index is 13.5. The molecule has 2 heterocycles. The number of hydrazone groups is 1. The van der Waals surface area contributed by atoms with Gasteiger partial charge < -0.3 is 0 Å². The summed E-state index contributed by atoms with van der Waals surface area (Å²) in [7, 11) is 0. The number of rotatable bonds is 2. The molecule has 2 aliphatic rings. The summed E-state index contributed by atoms with van der Waals surface area (Å²) in [6, 6.07) is 22.9. The summed E-state index contributed by atoms with van der Waals surface area (Å²) >= 11 is 12.3. The Bertz CT molecular complexity index is 1110. The zero-order chi connectivity index (χ0) is 18.6. The minimum atomic E-state index is -0.855. The molecular weight excluding hydrogens is 379 g/mol. The Morgan fingerprint density at radius 3 is 2.41 bits per heavy atom. The van der Waals surface area contributed by atoms with E-state index in [2.05, 4.69) is 0 Å². The second-order valence-corrected chi connectivity index (χ2v) is 7.55. The zero-order valence-corrected chi connectivity index (χ0v) is 15.7. The van der Waals surface area contributed by atoms with Crippen molar-refractivity contribution in [2.45, 2.75) is 12.0 Å². The van der Waals surface area contributed by atoms with Crippen molar-refractivity contribution in [3.63, 3.8) is 0 Å². The fourth-order valence-corrected chi connectivity index (χ4v) is 4.27. The van der Waals surface area contributed by atoms with Crippen LogP contribution in [0.15, 0.2) is 77.9 Å². The van der Waals surface area contributed by atoms with E-state index in [0.717, 1.165) is 22.5 Å². The molecule has 0 amide bonds. The molecule has 2 aliphatic heterocycles. The third-order valence-corrected chi connectivity index (χ3v) is 6.00. The fraction of sp³-hybridized carbons (Fsp3) is 0.0909. The number of hydrogen-bond acceptors (Lipinski definition) is 3. The van der Waals surface area contributed by atoms with Crippen LogP contribution in [0.2, 0.25) is 10.0 Å². The number of carbonyl (C=O) groups excluding carboxylic acids is 1. The Balaban J connectivity index is 1.71. The van der Waals surface area contributed by atoms with Gasteiger partial charge in [-0.3, -0.25) is 4.79 Å². The van der Waals surface area contributed by atoms with Gasteiger partial charge in [-0.2, -0.15) is 5.10 Å². The van der Waals surface area contributed by atoms with E-state index in [9.17, 15) is 4.79 Å². The van der Waals surface area contributed by atoms with E-state index in [4.69, 9.17) is 28.3 Å². The molecule has 0 saturated heterocycles. The van der Waals surface area contributed by atoms with Crippen molar-refractivity contribution in [3.8, 4) is 0 Å². The van der Waals surface area contributed by atoms with Crippen LogP contribution in [0.5, 0.6) is 0 Å². The first-order valence-electron chi connectivity index (χ1n) is 8.64. The van der Waals surface area contributed by atoms with E-state index in [-0.39, 0.29) is 5.78 Å². The molecule has 132 valence electrons. The van der Waals surface area contributed by atoms with Crippen LogP contribution in [0.3, 0.4) is 0 Å². The largest absolute Gasteiger partial charge is 0.291 e. The first-order chi connectivity index (χ1) is 13.1. The van der Waals surface area contributed by atoms with E-state index < -0.39 is 5.54 Å². The summed E-state index contributed by atoms with van der Waals surface area (Å²) < 4.78 is 0. The number of nitrogens with zero attached hydrogens (tertiary/aromatic N) is 2. The molecule has 0 aromatic heterocycles. The van der Waals surface area contributed by atoms with Crippen molar-refractivity contribution in [3.05, 3.63) is 99.5 Å². The molecule has 27 heavy (non-hydrogen) atoms. The summed E-state index contributed by atoms with van der Waals surface area (Å²) in [5.41, 5.74) is 3.32. The molecule has 3 aromatic carbocycles. The number of carbonyl (C=O) groups is 1. The maximum atomic E-state index is 13.5. The Hall–Kier alpha value is -2.62. The van der Waals surface area contributed by atoms with Gasteiger partial charge in [0.2, 0.25) is 0 Å². The van der Waals surface area contributed by atoms with Crippen LogP contribution in [0.4, 0.5) is 5.69 Å². The van der Waals surface area contributed by atoms with Crippen molar-refractivity contribution in [2.75, 3.05) is 5.01 Å². The second-order valence-electron chi connectivity index (χ2n) is 6.74. The lowest BCUT2D eigenvalue weighted by Gasteiger charge is -2.30. The van der Waals surface area contributed by atoms with Crippen LogP contribution in [0.25, 0.3) is 0 Å². The van der Waals surface area contributed by atoms with Gasteiger partial charge in [0.25, 0.3) is 0 Å². The molecule has 0 fully saturated rings. The lowest BCUT2D eigenvalue weighted by Crippen LogP contribution is -2.42. The molecule has 5 rings (SSSR count). The van der Waals surface area contributed by atoms with Crippen LogP contribution < -0.4 is 5.01 Å². The van der Waals surface area contributed by atoms with Crippen molar-refractivity contribution in [1.82, 2.24) is 0 Å². The van der Waals surface area contributed by atoms with Crippen LogP contribution >= 0.6 is 23.2 Å². The van der Waals surface area contributed by atoms with E-state index in [1.54, 1.807) is 12.1 Å². The summed E-state index contributed by atoms with van der Waals surface area (Å²) in [5, 5.41) is 7.71. The molecule has 0 bridgehead atoms. The quantitative estimate of drug-likeness (QED) is 0.560. The highest BCUT2D eigenvalue weighted by Crippen LogP contribution is 2.51. The summed E-state index contributed by atoms with van der Waals surface area (Å²) in [6.07, 6.45) is 0.475. The average Bonchev–Trinajstić information content (AvgIpc) is 3.21. The van der Waals surface area contributed by atoms with Gasteiger partial charge in [0, 0.05) is 12.0 Å². The van der Waals surface area contributed by atoms with Crippen LogP contribution in [0, 0.1) is 0 Å². The van der Waals surface area contributed by atoms with Gasteiger partial charge in [0.05, 0.1) is 21.4 Å². The van der Waals surface area contributed by atoms with Crippen LogP contribution in [-0.2, 0) is 5.54 Å². The molecule has 0 saturated carbocycles. The molecule has 5 heteroatoms. The molecule has 1 atom stereocenters. The number of hydrogen-bond donors (Lipinski definition) is 0. The summed E-state index contributed by atoms with van der Waals surface area (Å²) in [5.74, 6) is 0.0723. The number of halogens is 2. The molecule has 0 spiro atoms. The van der Waals surface area contributed by atoms with Gasteiger partial charge in [-0.15, -0.1) is 0 Å². The monoisotopic (exact) mass is 392 g/mol. The Labute approximate surface area is 166 Å². The minimum absolute atomic E-state index is 0.0723. The molecule has 1 unspecified atom stereocenters. The van der Waals surface area contributed by atoms with Gasteiger partial charge in [-0.1, -0.05) is 71.7 Å². The number of fused-ring (bicyclic) bond motifs is 3. The predicted octanol–water partition coefficient (Wildman–Crippen LogP) is 5.70. The van der Waals surface area contributed by atoms with E-state index >= 15 is 0 Å². The predicted molar refractivity (Wildman–Crippen MR) is 109 cm³/mol. The van der Waals surface area contributed by atoms with E-state index in [1.165, 1.54) is 0 Å². The lowest BCUT2D eigenvalue weighted by molar-refractivity contribution is 0.0908. The fourth-order valence-electron chi connectivity index (χ4n) is 3.97. The van der Waals surface area contributed by atoms with Gasteiger partial charge >= 0.3 is 0 Å². The molecule has 0 radical (unpaired) electrons. The number of anilines is 1. The molecule has 0 N–H and O–H groups in total. The maximum Gasteiger partial charge on any atom is 0.197 e. The molecule has 0 aliphatic carbocycles. The smallest absolute Gasteiger partial charge is 0.197 e. The first-order valence-corrected chi connectivity index (χ1v) is 9.39. The van der Waals surface area contributed by atoms with E-state index in [1.807, 2.05) is 65.7 Å². The molecular formula is C22H14Cl2N2O. The van der Waals surface area contributed by atoms with Crippen molar-refractivity contribution in [1.29, 1.82) is 0 Å². The Morgan fingerprint density at radius 2 is 1.63 bits per heavy atom. The Kier molecular flexibility index (Phi) is 3.64. The molecule has 3 nitrogen and oxygen atoms in total. The molecule has 3 aromatic rings. The standard InChI is InChI=1S/C22H14Cl2N2O/c23-17-11-10-14(12-18(17)24)19-13-22(15-6-2-1-3-7-15)21(27)16-8-4-5-9-20(16)26(22)25-19/h1-12H,13H2. The van der Waals surface area contributed by atoms with Crippen molar-refractivity contribution >= 4 is 40.4 Å². The highest BCUT2D eigenvalue weighted by molar-refractivity contribution is 6.42. The van der Waals surface area contributed by atoms with Gasteiger partial charge in [0.1, 0.15) is 0 Å². The van der Waals surface area contributed by atoms with E-state index in [0.29, 0.717) is 22.0 Å². The lowest BCUT2D eigenvalue weighted by atomic mass is 9.81. The third kappa shape index (κ3) is 2.29. The zero-order valence-electron chi connectivity index (χ0n) is 14.2. The van der Waals surface area contributed by atoms with Gasteiger partial charge in [-0.25, -0.2) is 5.01 Å². The number of benzene rings is 3. The minimum Gasteiger partial charge on any atom is -0.291 e. The van der Waals surface area contributed by atoms with Crippen molar-refractivity contribution in [2.24, 2.45) is 5.10 Å². The van der Waals surface area contributed by atoms with Gasteiger partial charge in [-0.05, 0) is 35.4 Å². The first kappa shape index (κ1) is 16.5. The number of para-hydroxylation sites is 1. The second kappa shape index (κ2) is 5.95. The SMILES string of the molecule is O=C1c2ccccc2N2N=C(c3ccc(Cl)c(Cl)c3)CC12c1ccccc1. The topological polar surface area (TPSA) is 32.7 Å².